The van der Waals surface area contributed by atoms with Crippen molar-refractivity contribution in [3.63, 3.8) is 0 Å². The van der Waals surface area contributed by atoms with Gasteiger partial charge in [-0.1, -0.05) is 0 Å². The van der Waals surface area contributed by atoms with Crippen LogP contribution in [0.15, 0.2) is 45.9 Å². The number of carbonyl (C=O) groups is 2. The van der Waals surface area contributed by atoms with Gasteiger partial charge >= 0.3 is 0 Å². The van der Waals surface area contributed by atoms with Crippen molar-refractivity contribution in [1.82, 2.24) is 9.62 Å². The highest BCUT2D eigenvalue weighted by atomic mass is 32.2. The Morgan fingerprint density at radius 1 is 1.31 bits per heavy atom. The fraction of sp³-hybridized carbons (Fsp3) is 0.294. The van der Waals surface area contributed by atoms with Gasteiger partial charge < -0.3 is 15.1 Å². The van der Waals surface area contributed by atoms with E-state index < -0.39 is 15.9 Å². The third-order valence-electron chi connectivity index (χ3n) is 4.09. The molecule has 0 bridgehead atoms. The molecule has 2 amide bonds. The molecular formula is C17H19N3O5S. The molecule has 9 heteroatoms. The van der Waals surface area contributed by atoms with E-state index >= 15 is 0 Å². The van der Waals surface area contributed by atoms with Gasteiger partial charge in [-0.15, -0.1) is 0 Å². The highest BCUT2D eigenvalue weighted by Gasteiger charge is 2.25. The number of hydrogen-bond acceptors (Lipinski definition) is 5. The molecule has 1 aromatic carbocycles. The lowest BCUT2D eigenvalue weighted by Gasteiger charge is -2.20. The van der Waals surface area contributed by atoms with Crippen LogP contribution in [0, 0.1) is 0 Å². The number of amides is 2. The van der Waals surface area contributed by atoms with Crippen LogP contribution in [-0.4, -0.2) is 38.1 Å². The number of carbonyl (C=O) groups excluding carboxylic acids is 2. The van der Waals surface area contributed by atoms with Crippen LogP contribution < -0.4 is 10.6 Å². The minimum Gasteiger partial charge on any atom is -0.467 e. The normalized spacial score (nSPS) is 14.0. The summed E-state index contributed by atoms with van der Waals surface area (Å²) in [6.45, 7) is -0.116. The quantitative estimate of drug-likeness (QED) is 0.784. The predicted octanol–water partition coefficient (Wildman–Crippen LogP) is 1.10. The number of hydrogen-bond donors (Lipinski definition) is 2. The molecule has 3 rings (SSSR count). The van der Waals surface area contributed by atoms with Gasteiger partial charge in [0.1, 0.15) is 5.76 Å². The van der Waals surface area contributed by atoms with Crippen molar-refractivity contribution >= 4 is 27.5 Å². The number of rotatable bonds is 6. The second-order valence-corrected chi connectivity index (χ2v) is 8.03. The Labute approximate surface area is 151 Å². The van der Waals surface area contributed by atoms with Crippen LogP contribution in [0.5, 0.6) is 0 Å². The second kappa shape index (κ2) is 7.30. The number of nitrogens with zero attached hydrogens (tertiary/aromatic N) is 1. The van der Waals surface area contributed by atoms with Crippen molar-refractivity contribution in [3.05, 3.63) is 47.9 Å². The Kier molecular flexibility index (Phi) is 5.10. The number of furan rings is 1. The van der Waals surface area contributed by atoms with E-state index in [-0.39, 0.29) is 23.9 Å². The number of fused-ring (bicyclic) bond motifs is 1. The van der Waals surface area contributed by atoms with Gasteiger partial charge in [-0.05, 0) is 42.3 Å². The van der Waals surface area contributed by atoms with Gasteiger partial charge in [-0.3, -0.25) is 9.59 Å². The van der Waals surface area contributed by atoms with E-state index in [0.29, 0.717) is 24.3 Å². The number of likely N-dealkylation sites (N-methyl/N-ethyl adjacent to an activating group) is 1. The maximum Gasteiger partial charge on any atom is 0.243 e. The summed E-state index contributed by atoms with van der Waals surface area (Å²) in [7, 11) is -2.47. The Morgan fingerprint density at radius 3 is 2.85 bits per heavy atom. The standard InChI is InChI=1S/C17H19N3O5S/c1-20(11-17(22)18-10-13-3-2-8-25-13)26(23,24)14-5-6-15-12(9-14)4-7-16(21)19-15/h2-3,5-6,8-9H,4,7,10-11H2,1H3,(H,18,22)(H,19,21). The summed E-state index contributed by atoms with van der Waals surface area (Å²) in [6.07, 6.45) is 2.30. The molecule has 26 heavy (non-hydrogen) atoms. The molecule has 0 spiro atoms. The Bertz CT molecular complexity index is 922. The Morgan fingerprint density at radius 2 is 2.12 bits per heavy atom. The largest absolute Gasteiger partial charge is 0.467 e. The number of sulfonamides is 1. The smallest absolute Gasteiger partial charge is 0.243 e. The van der Waals surface area contributed by atoms with E-state index in [1.807, 2.05) is 0 Å². The molecule has 0 atom stereocenters. The Balaban J connectivity index is 1.67. The van der Waals surface area contributed by atoms with E-state index in [1.54, 1.807) is 24.3 Å². The van der Waals surface area contributed by atoms with Crippen LogP contribution in [0.1, 0.15) is 17.7 Å². The van der Waals surface area contributed by atoms with Crippen molar-refractivity contribution in [2.45, 2.75) is 24.3 Å². The fourth-order valence-corrected chi connectivity index (χ4v) is 3.82. The summed E-state index contributed by atoms with van der Waals surface area (Å²) in [5, 5.41) is 5.32. The first kappa shape index (κ1) is 18.2. The summed E-state index contributed by atoms with van der Waals surface area (Å²) in [5.74, 6) is 0.0664. The summed E-state index contributed by atoms with van der Waals surface area (Å²) in [6, 6.07) is 7.96. The minimum absolute atomic E-state index is 0.0848. The summed E-state index contributed by atoms with van der Waals surface area (Å²) >= 11 is 0. The van der Waals surface area contributed by atoms with Crippen LogP contribution in [-0.2, 0) is 32.6 Å². The highest BCUT2D eigenvalue weighted by molar-refractivity contribution is 7.89. The molecule has 138 valence electrons. The van der Waals surface area contributed by atoms with Crippen molar-refractivity contribution in [3.8, 4) is 0 Å². The molecule has 0 fully saturated rings. The predicted molar refractivity (Wildman–Crippen MR) is 93.8 cm³/mol. The van der Waals surface area contributed by atoms with Crippen LogP contribution in [0.2, 0.25) is 0 Å². The average molecular weight is 377 g/mol. The molecule has 0 unspecified atom stereocenters. The van der Waals surface area contributed by atoms with Gasteiger partial charge in [0.15, 0.2) is 0 Å². The molecule has 0 saturated carbocycles. The van der Waals surface area contributed by atoms with Crippen LogP contribution in [0.4, 0.5) is 5.69 Å². The van der Waals surface area contributed by atoms with E-state index in [9.17, 15) is 18.0 Å². The van der Waals surface area contributed by atoms with E-state index in [0.717, 1.165) is 9.87 Å². The van der Waals surface area contributed by atoms with Crippen molar-refractivity contribution in [1.29, 1.82) is 0 Å². The molecule has 2 heterocycles. The number of aryl methyl sites for hydroxylation is 1. The van der Waals surface area contributed by atoms with E-state index in [2.05, 4.69) is 10.6 Å². The third-order valence-corrected chi connectivity index (χ3v) is 5.89. The molecule has 1 aliphatic rings. The zero-order chi connectivity index (χ0) is 18.7. The molecule has 0 saturated heterocycles. The lowest BCUT2D eigenvalue weighted by atomic mass is 10.0. The molecular weight excluding hydrogens is 358 g/mol. The fourth-order valence-electron chi connectivity index (χ4n) is 2.64. The molecule has 0 radical (unpaired) electrons. The molecule has 8 nitrogen and oxygen atoms in total. The summed E-state index contributed by atoms with van der Waals surface area (Å²) < 4.78 is 31.5. The zero-order valence-electron chi connectivity index (χ0n) is 14.2. The maximum absolute atomic E-state index is 12.7. The molecule has 2 aromatic rings. The topological polar surface area (TPSA) is 109 Å². The monoisotopic (exact) mass is 377 g/mol. The average Bonchev–Trinajstić information content (AvgIpc) is 3.13. The van der Waals surface area contributed by atoms with E-state index in [1.165, 1.54) is 19.4 Å². The molecule has 2 N–H and O–H groups in total. The lowest BCUT2D eigenvalue weighted by Crippen LogP contribution is -2.38. The van der Waals surface area contributed by atoms with Crippen molar-refractivity contribution in [2.75, 3.05) is 18.9 Å². The van der Waals surface area contributed by atoms with Gasteiger partial charge in [0.2, 0.25) is 21.8 Å². The van der Waals surface area contributed by atoms with Crippen molar-refractivity contribution in [2.24, 2.45) is 0 Å². The first-order valence-electron chi connectivity index (χ1n) is 8.04. The van der Waals surface area contributed by atoms with Crippen LogP contribution in [0.3, 0.4) is 0 Å². The lowest BCUT2D eigenvalue weighted by molar-refractivity contribution is -0.121. The first-order valence-corrected chi connectivity index (χ1v) is 9.48. The molecule has 1 aromatic heterocycles. The van der Waals surface area contributed by atoms with E-state index in [4.69, 9.17) is 4.42 Å². The van der Waals surface area contributed by atoms with Crippen LogP contribution >= 0.6 is 0 Å². The molecule has 0 aliphatic carbocycles. The third kappa shape index (κ3) is 3.94. The van der Waals surface area contributed by atoms with Crippen LogP contribution in [0.25, 0.3) is 0 Å². The maximum atomic E-state index is 12.7. The highest BCUT2D eigenvalue weighted by Crippen LogP contribution is 2.26. The number of nitrogens with one attached hydrogen (secondary N) is 2. The zero-order valence-corrected chi connectivity index (χ0v) is 15.0. The summed E-state index contributed by atoms with van der Waals surface area (Å²) in [4.78, 5) is 23.5. The minimum atomic E-state index is -3.82. The Hall–Kier alpha value is -2.65. The first-order chi connectivity index (χ1) is 12.4. The van der Waals surface area contributed by atoms with Gasteiger partial charge in [0, 0.05) is 19.2 Å². The molecule has 1 aliphatic heterocycles. The second-order valence-electron chi connectivity index (χ2n) is 5.98. The SMILES string of the molecule is CN(CC(=O)NCc1ccco1)S(=O)(=O)c1ccc2c(c1)CCC(=O)N2. The van der Waals surface area contributed by atoms with Gasteiger partial charge in [0.05, 0.1) is 24.2 Å². The van der Waals surface area contributed by atoms with Gasteiger partial charge in [-0.2, -0.15) is 4.31 Å². The van der Waals surface area contributed by atoms with Crippen molar-refractivity contribution < 1.29 is 22.4 Å². The number of benzene rings is 1. The number of anilines is 1. The summed E-state index contributed by atoms with van der Waals surface area (Å²) in [5.41, 5.74) is 1.39. The van der Waals surface area contributed by atoms with Gasteiger partial charge in [0.25, 0.3) is 0 Å². The van der Waals surface area contributed by atoms with Gasteiger partial charge in [-0.25, -0.2) is 8.42 Å².